The van der Waals surface area contributed by atoms with E-state index in [-0.39, 0.29) is 29.0 Å². The fourth-order valence-corrected chi connectivity index (χ4v) is 3.85. The lowest BCUT2D eigenvalue weighted by Gasteiger charge is -2.20. The molecule has 6 nitrogen and oxygen atoms in total. The number of aromatic carboxylic acids is 1. The van der Waals surface area contributed by atoms with Crippen LogP contribution in [0.15, 0.2) is 78.9 Å². The molecule has 170 valence electrons. The molecule has 0 unspecified atom stereocenters. The van der Waals surface area contributed by atoms with Crippen molar-refractivity contribution in [3.8, 4) is 0 Å². The molecule has 2 atom stereocenters. The van der Waals surface area contributed by atoms with E-state index in [1.165, 1.54) is 18.2 Å². The van der Waals surface area contributed by atoms with E-state index >= 15 is 0 Å². The summed E-state index contributed by atoms with van der Waals surface area (Å²) in [5.74, 6) is -2.39. The van der Waals surface area contributed by atoms with Crippen LogP contribution < -0.4 is 10.6 Å². The Labute approximate surface area is 193 Å². The maximum atomic E-state index is 13.1. The van der Waals surface area contributed by atoms with E-state index in [4.69, 9.17) is 0 Å². The van der Waals surface area contributed by atoms with Gasteiger partial charge in [-0.25, -0.2) is 4.79 Å². The normalized spacial score (nSPS) is 12.4. The van der Waals surface area contributed by atoms with E-state index < -0.39 is 11.9 Å². The van der Waals surface area contributed by atoms with Crippen molar-refractivity contribution in [2.45, 2.75) is 38.5 Å². The molecule has 2 amide bonds. The lowest BCUT2D eigenvalue weighted by molar-refractivity contribution is -0.118. The highest BCUT2D eigenvalue weighted by Gasteiger charge is 2.23. The van der Waals surface area contributed by atoms with Crippen molar-refractivity contribution in [1.82, 2.24) is 0 Å². The van der Waals surface area contributed by atoms with Gasteiger partial charge in [-0.3, -0.25) is 9.59 Å². The van der Waals surface area contributed by atoms with E-state index in [0.29, 0.717) is 18.5 Å². The second kappa shape index (κ2) is 11.1. The maximum Gasteiger partial charge on any atom is 0.335 e. The van der Waals surface area contributed by atoms with Crippen LogP contribution in [0, 0.1) is 0 Å². The third-order valence-electron chi connectivity index (χ3n) is 5.64. The number of hydrogen-bond acceptors (Lipinski definition) is 3. The standard InChI is InChI=1S/C27H28N2O4/c1-3-21(18-11-7-5-8-12-18)25(30)28-23-16-15-20(27(32)33)17-24(23)29-26(31)22(4-2)19-13-9-6-10-14-19/h5-17,21-22H,3-4H2,1-2H3,(H,28,30)(H,29,31)(H,32,33)/t21-,22-/m1/s1. The van der Waals surface area contributed by atoms with Crippen molar-refractivity contribution in [3.63, 3.8) is 0 Å². The average molecular weight is 445 g/mol. The Hall–Kier alpha value is -3.93. The summed E-state index contributed by atoms with van der Waals surface area (Å²) in [4.78, 5) is 37.7. The van der Waals surface area contributed by atoms with Crippen LogP contribution in [-0.4, -0.2) is 22.9 Å². The van der Waals surface area contributed by atoms with Crippen LogP contribution in [0.5, 0.6) is 0 Å². The lowest BCUT2D eigenvalue weighted by Crippen LogP contribution is -2.24. The van der Waals surface area contributed by atoms with E-state index in [1.807, 2.05) is 74.5 Å². The van der Waals surface area contributed by atoms with Crippen molar-refractivity contribution in [3.05, 3.63) is 95.6 Å². The minimum atomic E-state index is -1.12. The van der Waals surface area contributed by atoms with Crippen LogP contribution in [-0.2, 0) is 9.59 Å². The first kappa shape index (κ1) is 23.7. The van der Waals surface area contributed by atoms with Crippen LogP contribution in [0.25, 0.3) is 0 Å². The molecule has 0 heterocycles. The molecule has 0 aromatic heterocycles. The van der Waals surface area contributed by atoms with Crippen LogP contribution in [0.4, 0.5) is 11.4 Å². The highest BCUT2D eigenvalue weighted by atomic mass is 16.4. The summed E-state index contributed by atoms with van der Waals surface area (Å²) in [6.45, 7) is 3.85. The van der Waals surface area contributed by atoms with Gasteiger partial charge in [0.1, 0.15) is 0 Å². The number of carbonyl (C=O) groups excluding carboxylic acids is 2. The Kier molecular flexibility index (Phi) is 7.97. The number of benzene rings is 3. The highest BCUT2D eigenvalue weighted by molar-refractivity contribution is 6.04. The first-order valence-electron chi connectivity index (χ1n) is 11.0. The van der Waals surface area contributed by atoms with Crippen molar-refractivity contribution in [2.24, 2.45) is 0 Å². The van der Waals surface area contributed by atoms with Crippen molar-refractivity contribution in [2.75, 3.05) is 10.6 Å². The third kappa shape index (κ3) is 5.86. The van der Waals surface area contributed by atoms with Gasteiger partial charge in [-0.05, 0) is 42.2 Å². The molecule has 0 aliphatic rings. The molecule has 0 aliphatic carbocycles. The van der Waals surface area contributed by atoms with Gasteiger partial charge in [0.25, 0.3) is 0 Å². The molecule has 0 saturated heterocycles. The fraction of sp³-hybridized carbons (Fsp3) is 0.222. The summed E-state index contributed by atoms with van der Waals surface area (Å²) in [6, 6.07) is 23.1. The first-order valence-corrected chi connectivity index (χ1v) is 11.0. The molecule has 6 heteroatoms. The van der Waals surface area contributed by atoms with Crippen molar-refractivity contribution in [1.29, 1.82) is 0 Å². The molecule has 3 aromatic carbocycles. The topological polar surface area (TPSA) is 95.5 Å². The van der Waals surface area contributed by atoms with Crippen molar-refractivity contribution >= 4 is 29.2 Å². The predicted octanol–water partition coefficient (Wildman–Crippen LogP) is 5.65. The number of rotatable bonds is 9. The zero-order valence-corrected chi connectivity index (χ0v) is 18.7. The number of amides is 2. The van der Waals surface area contributed by atoms with E-state index in [1.54, 1.807) is 0 Å². The summed E-state index contributed by atoms with van der Waals surface area (Å²) in [5, 5.41) is 15.1. The monoisotopic (exact) mass is 444 g/mol. The number of hydrogen-bond donors (Lipinski definition) is 3. The van der Waals surface area contributed by atoms with Gasteiger partial charge >= 0.3 is 5.97 Å². The maximum absolute atomic E-state index is 13.1. The van der Waals surface area contributed by atoms with Gasteiger partial charge in [0, 0.05) is 0 Å². The molecule has 3 rings (SSSR count). The zero-order chi connectivity index (χ0) is 23.8. The first-order chi connectivity index (χ1) is 15.9. The van der Waals surface area contributed by atoms with Gasteiger partial charge in [-0.2, -0.15) is 0 Å². The van der Waals surface area contributed by atoms with Gasteiger partial charge in [0.2, 0.25) is 11.8 Å². The molecule has 0 spiro atoms. The highest BCUT2D eigenvalue weighted by Crippen LogP contribution is 2.29. The summed E-state index contributed by atoms with van der Waals surface area (Å²) >= 11 is 0. The van der Waals surface area contributed by atoms with E-state index in [9.17, 15) is 19.5 Å². The quantitative estimate of drug-likeness (QED) is 0.397. The van der Waals surface area contributed by atoms with Gasteiger partial charge in [0.05, 0.1) is 28.8 Å². The number of carboxylic acids is 1. The molecule has 0 bridgehead atoms. The molecule has 3 N–H and O–H groups in total. The SMILES string of the molecule is CC[C@@H](C(=O)Nc1ccc(C(=O)O)cc1NC(=O)[C@H](CC)c1ccccc1)c1ccccc1. The van der Waals surface area contributed by atoms with Gasteiger partial charge in [0.15, 0.2) is 0 Å². The Balaban J connectivity index is 1.89. The molecular weight excluding hydrogens is 416 g/mol. The Morgan fingerprint density at radius 2 is 1.15 bits per heavy atom. The summed E-state index contributed by atoms with van der Waals surface area (Å²) in [6.07, 6.45) is 1.17. The summed E-state index contributed by atoms with van der Waals surface area (Å²) in [7, 11) is 0. The molecule has 0 aliphatic heterocycles. The smallest absolute Gasteiger partial charge is 0.335 e. The molecule has 0 saturated carbocycles. The zero-order valence-electron chi connectivity index (χ0n) is 18.7. The summed E-state index contributed by atoms with van der Waals surface area (Å²) in [5.41, 5.74) is 2.39. The molecule has 0 radical (unpaired) electrons. The van der Waals surface area contributed by atoms with Gasteiger partial charge < -0.3 is 15.7 Å². The number of nitrogens with one attached hydrogen (secondary N) is 2. The minimum Gasteiger partial charge on any atom is -0.478 e. The number of anilines is 2. The van der Waals surface area contributed by atoms with Crippen LogP contribution in [0.3, 0.4) is 0 Å². The lowest BCUT2D eigenvalue weighted by atomic mass is 9.95. The Bertz CT molecular complexity index is 1110. The molecule has 0 fully saturated rings. The van der Waals surface area contributed by atoms with Crippen LogP contribution >= 0.6 is 0 Å². The number of carboxylic acid groups (broad SMARTS) is 1. The molecule has 33 heavy (non-hydrogen) atoms. The van der Waals surface area contributed by atoms with E-state index in [2.05, 4.69) is 10.6 Å². The molecule has 3 aromatic rings. The molecular formula is C27H28N2O4. The van der Waals surface area contributed by atoms with E-state index in [0.717, 1.165) is 11.1 Å². The predicted molar refractivity (Wildman–Crippen MR) is 130 cm³/mol. The van der Waals surface area contributed by atoms with Gasteiger partial charge in [-0.15, -0.1) is 0 Å². The largest absolute Gasteiger partial charge is 0.478 e. The second-order valence-electron chi connectivity index (χ2n) is 7.79. The Morgan fingerprint density at radius 1 is 0.697 bits per heavy atom. The summed E-state index contributed by atoms with van der Waals surface area (Å²) < 4.78 is 0. The second-order valence-corrected chi connectivity index (χ2v) is 7.79. The minimum absolute atomic E-state index is 0.0196. The van der Waals surface area contributed by atoms with Crippen LogP contribution in [0.1, 0.15) is 60.0 Å². The van der Waals surface area contributed by atoms with Crippen LogP contribution in [0.2, 0.25) is 0 Å². The average Bonchev–Trinajstić information content (AvgIpc) is 2.82. The Morgan fingerprint density at radius 3 is 1.58 bits per heavy atom. The fourth-order valence-electron chi connectivity index (χ4n) is 3.85. The van der Waals surface area contributed by atoms with Gasteiger partial charge in [-0.1, -0.05) is 74.5 Å². The number of carbonyl (C=O) groups is 3. The van der Waals surface area contributed by atoms with Crippen molar-refractivity contribution < 1.29 is 19.5 Å². The third-order valence-corrected chi connectivity index (χ3v) is 5.64.